The number of methoxy groups -OCH3 is 1. The first-order valence-corrected chi connectivity index (χ1v) is 8.81. The molecule has 9 heteroatoms. The zero-order valence-corrected chi connectivity index (χ0v) is 16.2. The Balaban J connectivity index is 2.03. The molecule has 0 unspecified atom stereocenters. The van der Waals surface area contributed by atoms with Crippen molar-refractivity contribution in [1.29, 1.82) is 0 Å². The van der Waals surface area contributed by atoms with Crippen molar-refractivity contribution in [2.45, 2.75) is 6.54 Å². The smallest absolute Gasteiger partial charge is 0.325 e. The average molecular weight is 479 g/mol. The van der Waals surface area contributed by atoms with Gasteiger partial charge in [-0.1, -0.05) is 0 Å². The summed E-state index contributed by atoms with van der Waals surface area (Å²) in [6.45, 7) is -0.207. The van der Waals surface area contributed by atoms with Gasteiger partial charge in [0.25, 0.3) is 5.91 Å². The maximum absolute atomic E-state index is 12.2. The first kappa shape index (κ1) is 18.8. The molecule has 0 bridgehead atoms. The van der Waals surface area contributed by atoms with E-state index in [1.807, 2.05) is 6.07 Å². The molecule has 0 saturated heterocycles. The molecule has 0 aliphatic heterocycles. The Morgan fingerprint density at radius 1 is 1.15 bits per heavy atom. The van der Waals surface area contributed by atoms with Gasteiger partial charge < -0.3 is 14.9 Å². The Kier molecular flexibility index (Phi) is 5.40. The van der Waals surface area contributed by atoms with Crippen molar-refractivity contribution in [3.63, 3.8) is 0 Å². The summed E-state index contributed by atoms with van der Waals surface area (Å²) in [7, 11) is 1.25. The van der Waals surface area contributed by atoms with Gasteiger partial charge in [-0.3, -0.25) is 14.2 Å². The molecule has 0 spiro atoms. The van der Waals surface area contributed by atoms with Crippen LogP contribution in [0.4, 0.5) is 5.69 Å². The van der Waals surface area contributed by atoms with Crippen molar-refractivity contribution >= 4 is 51.1 Å². The summed E-state index contributed by atoms with van der Waals surface area (Å²) in [5, 5.41) is 27.9. The summed E-state index contributed by atoms with van der Waals surface area (Å²) in [6.07, 6.45) is 0. The van der Waals surface area contributed by atoms with Crippen molar-refractivity contribution < 1.29 is 24.5 Å². The Morgan fingerprint density at radius 2 is 1.85 bits per heavy atom. The summed E-state index contributed by atoms with van der Waals surface area (Å²) in [4.78, 5) is 23.8. The number of ether oxygens (including phenoxy) is 1. The van der Waals surface area contributed by atoms with E-state index in [9.17, 15) is 19.8 Å². The predicted octanol–water partition coefficient (Wildman–Crippen LogP) is 3.75. The van der Waals surface area contributed by atoms with Crippen LogP contribution in [0.15, 0.2) is 52.7 Å². The molecule has 0 saturated carbocycles. The molecule has 0 radical (unpaired) electrons. The van der Waals surface area contributed by atoms with Crippen LogP contribution < -0.4 is 0 Å². The number of hydrogen-bond donors (Lipinski definition) is 2. The van der Waals surface area contributed by atoms with Gasteiger partial charge in [0.15, 0.2) is 5.69 Å². The first-order chi connectivity index (χ1) is 12.9. The molecular weight excluding hydrogens is 465 g/mol. The average Bonchev–Trinajstić information content (AvgIpc) is 2.91. The number of azo groups is 1. The lowest BCUT2D eigenvalue weighted by atomic mass is 10.2. The molecule has 0 aliphatic rings. The minimum atomic E-state index is -0.631. The lowest BCUT2D eigenvalue weighted by Crippen LogP contribution is -2.10. The van der Waals surface area contributed by atoms with Crippen molar-refractivity contribution in [1.82, 2.24) is 4.57 Å². The minimum Gasteiger partial charge on any atom is -0.508 e. The van der Waals surface area contributed by atoms with Gasteiger partial charge in [0.1, 0.15) is 12.3 Å². The minimum absolute atomic E-state index is 0.0292. The lowest BCUT2D eigenvalue weighted by Gasteiger charge is -2.04. The molecule has 2 N–H and O–H groups in total. The molecule has 0 atom stereocenters. The third-order valence-corrected chi connectivity index (χ3v) is 4.51. The van der Waals surface area contributed by atoms with Crippen molar-refractivity contribution in [3.05, 3.63) is 51.6 Å². The number of phenolic OH excluding ortho intramolecular Hbond substituents is 1. The molecule has 1 heterocycles. The second-order valence-corrected chi connectivity index (χ2v) is 6.79. The maximum Gasteiger partial charge on any atom is 0.325 e. The van der Waals surface area contributed by atoms with Gasteiger partial charge >= 0.3 is 5.97 Å². The van der Waals surface area contributed by atoms with E-state index in [0.29, 0.717) is 10.9 Å². The number of amides is 1. The fourth-order valence-electron chi connectivity index (χ4n) is 2.51. The number of benzene rings is 2. The van der Waals surface area contributed by atoms with Gasteiger partial charge in [0, 0.05) is 14.5 Å². The number of esters is 1. The Hall–Kier alpha value is -2.95. The Morgan fingerprint density at radius 3 is 2.52 bits per heavy atom. The number of aromatic nitrogens is 1. The van der Waals surface area contributed by atoms with Crippen LogP contribution in [0.2, 0.25) is 0 Å². The number of fused-ring (bicyclic) bond motifs is 1. The molecule has 27 heavy (non-hydrogen) atoms. The highest BCUT2D eigenvalue weighted by Gasteiger charge is 2.19. The molecule has 3 rings (SSSR count). The van der Waals surface area contributed by atoms with Crippen LogP contribution in [0, 0.1) is 3.57 Å². The van der Waals surface area contributed by atoms with Crippen LogP contribution in [0.25, 0.3) is 10.9 Å². The lowest BCUT2D eigenvalue weighted by molar-refractivity contribution is -0.141. The Labute approximate surface area is 167 Å². The summed E-state index contributed by atoms with van der Waals surface area (Å²) in [6, 6.07) is 10.9. The molecule has 3 aromatic rings. The third-order valence-electron chi connectivity index (χ3n) is 3.84. The summed E-state index contributed by atoms with van der Waals surface area (Å²) < 4.78 is 6.89. The summed E-state index contributed by atoms with van der Waals surface area (Å²) in [5.41, 5.74) is 0.882. The first-order valence-electron chi connectivity index (χ1n) is 7.73. The highest BCUT2D eigenvalue weighted by molar-refractivity contribution is 14.1. The Bertz CT molecular complexity index is 1060. The molecule has 2 aromatic carbocycles. The number of nitrogens with zero attached hydrogens (tertiary/aromatic N) is 3. The second kappa shape index (κ2) is 7.74. The van der Waals surface area contributed by atoms with Gasteiger partial charge in [0.2, 0.25) is 5.88 Å². The molecular formula is C18H14IN3O5. The predicted molar refractivity (Wildman–Crippen MR) is 105 cm³/mol. The van der Waals surface area contributed by atoms with Crippen molar-refractivity contribution in [2.75, 3.05) is 7.11 Å². The monoisotopic (exact) mass is 479 g/mol. The summed E-state index contributed by atoms with van der Waals surface area (Å²) >= 11 is 2.11. The van der Waals surface area contributed by atoms with Crippen LogP contribution in [-0.4, -0.2) is 33.8 Å². The summed E-state index contributed by atoms with van der Waals surface area (Å²) in [5.74, 6) is -1.43. The van der Waals surface area contributed by atoms with E-state index in [2.05, 4.69) is 37.6 Å². The van der Waals surface area contributed by atoms with E-state index in [-0.39, 0.29) is 29.4 Å². The normalized spacial score (nSPS) is 11.2. The second-order valence-electron chi connectivity index (χ2n) is 5.55. The highest BCUT2D eigenvalue weighted by Crippen LogP contribution is 2.39. The number of aromatic hydroxyl groups is 2. The molecule has 8 nitrogen and oxygen atoms in total. The molecule has 1 amide bonds. The SMILES string of the molecule is COC(=O)Cn1c(O)c(N=NC(=O)c2ccc(O)cc2)c2cc(I)ccc21. The van der Waals surface area contributed by atoms with Gasteiger partial charge in [0.05, 0.1) is 12.6 Å². The quantitative estimate of drug-likeness (QED) is 0.336. The van der Waals surface area contributed by atoms with Crippen LogP contribution in [0.1, 0.15) is 10.4 Å². The molecule has 0 aliphatic carbocycles. The van der Waals surface area contributed by atoms with Gasteiger partial charge in [-0.15, -0.1) is 10.2 Å². The van der Waals surface area contributed by atoms with Crippen molar-refractivity contribution in [3.8, 4) is 11.6 Å². The largest absolute Gasteiger partial charge is 0.508 e. The zero-order chi connectivity index (χ0) is 19.6. The number of carbonyl (C=O) groups excluding carboxylic acids is 2. The molecule has 1 aromatic heterocycles. The fraction of sp³-hybridized carbons (Fsp3) is 0.111. The fourth-order valence-corrected chi connectivity index (χ4v) is 3.00. The van der Waals surface area contributed by atoms with E-state index in [4.69, 9.17) is 0 Å². The van der Waals surface area contributed by atoms with Crippen LogP contribution in [0.3, 0.4) is 0 Å². The number of carbonyl (C=O) groups is 2. The van der Waals surface area contributed by atoms with Gasteiger partial charge in [-0.2, -0.15) is 0 Å². The number of halogens is 1. The van der Waals surface area contributed by atoms with E-state index in [1.54, 1.807) is 12.1 Å². The van der Waals surface area contributed by atoms with Gasteiger partial charge in [-0.25, -0.2) is 0 Å². The van der Waals surface area contributed by atoms with Crippen molar-refractivity contribution in [2.24, 2.45) is 10.2 Å². The number of hydrogen-bond acceptors (Lipinski definition) is 6. The van der Waals surface area contributed by atoms with E-state index in [0.717, 1.165) is 3.57 Å². The zero-order valence-electron chi connectivity index (χ0n) is 14.1. The number of phenols is 1. The highest BCUT2D eigenvalue weighted by atomic mass is 127. The maximum atomic E-state index is 12.2. The van der Waals surface area contributed by atoms with Gasteiger partial charge in [-0.05, 0) is 65.1 Å². The van der Waals surface area contributed by atoms with E-state index >= 15 is 0 Å². The van der Waals surface area contributed by atoms with Crippen LogP contribution in [-0.2, 0) is 16.1 Å². The third kappa shape index (κ3) is 3.92. The van der Waals surface area contributed by atoms with Crippen LogP contribution >= 0.6 is 22.6 Å². The number of rotatable bonds is 4. The van der Waals surface area contributed by atoms with Crippen LogP contribution in [0.5, 0.6) is 11.6 Å². The molecule has 0 fully saturated rings. The van der Waals surface area contributed by atoms with E-state index in [1.165, 1.54) is 35.9 Å². The van der Waals surface area contributed by atoms with E-state index < -0.39 is 11.9 Å². The molecule has 138 valence electrons. The standard InChI is InChI=1S/C18H14IN3O5/c1-27-15(24)9-22-14-7-4-11(19)8-13(14)16(18(22)26)20-21-17(25)10-2-5-12(23)6-3-10/h2-8,23,26H,9H2,1H3. The topological polar surface area (TPSA) is 113 Å².